The summed E-state index contributed by atoms with van der Waals surface area (Å²) in [4.78, 5) is 5.53. The summed E-state index contributed by atoms with van der Waals surface area (Å²) in [6.45, 7) is 1.74. The van der Waals surface area contributed by atoms with Crippen LogP contribution in [0.2, 0.25) is 5.02 Å². The van der Waals surface area contributed by atoms with Gasteiger partial charge in [0.25, 0.3) is 0 Å². The van der Waals surface area contributed by atoms with Crippen LogP contribution in [-0.4, -0.2) is 25.7 Å². The van der Waals surface area contributed by atoms with E-state index in [-0.39, 0.29) is 22.4 Å². The molecule has 26 heavy (non-hydrogen) atoms. The molecule has 5 nitrogen and oxygen atoms in total. The lowest BCUT2D eigenvalue weighted by atomic mass is 9.98. The van der Waals surface area contributed by atoms with E-state index in [1.54, 1.807) is 11.6 Å². The number of hydrogen-bond acceptors (Lipinski definition) is 4. The number of alkyl halides is 3. The van der Waals surface area contributed by atoms with E-state index in [1.165, 1.54) is 18.2 Å². The summed E-state index contributed by atoms with van der Waals surface area (Å²) in [6, 6.07) is 3.84. The number of halogens is 4. The molecule has 0 unspecified atom stereocenters. The van der Waals surface area contributed by atoms with Crippen LogP contribution in [0.4, 0.5) is 18.9 Å². The van der Waals surface area contributed by atoms with Crippen LogP contribution in [0.1, 0.15) is 51.0 Å². The molecule has 0 radical (unpaired) electrons. The Morgan fingerprint density at radius 1 is 1.31 bits per heavy atom. The Balaban J connectivity index is 2.32. The highest BCUT2D eigenvalue weighted by Gasteiger charge is 2.46. The van der Waals surface area contributed by atoms with Gasteiger partial charge in [0.1, 0.15) is 6.10 Å². The Morgan fingerprint density at radius 2 is 1.96 bits per heavy atom. The van der Waals surface area contributed by atoms with Crippen molar-refractivity contribution in [1.82, 2.24) is 0 Å². The Hall–Kier alpha value is -1.48. The van der Waals surface area contributed by atoms with Gasteiger partial charge in [0.15, 0.2) is 0 Å². The fourth-order valence-corrected chi connectivity index (χ4v) is 3.42. The number of sulfonamides is 1. The number of oxime groups is 1. The minimum Gasteiger partial charge on any atom is -0.392 e. The molecule has 2 rings (SSSR count). The fraction of sp³-hybridized carbons (Fsp3) is 0.562. The summed E-state index contributed by atoms with van der Waals surface area (Å²) in [5.41, 5.74) is -5.20. The standard InChI is InChI=1S/C16H20ClF3N2O3S/c1-2-14(21-25-12-6-4-3-5-7-12)13-10-11(17)8-9-15(13)22-26(23,24)16(18,19)20/h8-10,12,22H,2-7H2,1H3/b21-14+. The topological polar surface area (TPSA) is 67.8 Å². The second-order valence-corrected chi connectivity index (χ2v) is 8.11. The Bertz CT molecular complexity index is 760. The highest BCUT2D eigenvalue weighted by atomic mass is 35.5. The number of nitrogens with one attached hydrogen (secondary N) is 1. The van der Waals surface area contributed by atoms with E-state index < -0.39 is 15.5 Å². The fourth-order valence-electron chi connectivity index (χ4n) is 2.66. The molecule has 10 heteroatoms. The molecule has 146 valence electrons. The average molecular weight is 413 g/mol. The molecule has 0 aromatic heterocycles. The van der Waals surface area contributed by atoms with Gasteiger partial charge in [0, 0.05) is 10.6 Å². The quantitative estimate of drug-likeness (QED) is 0.524. The third kappa shape index (κ3) is 5.26. The van der Waals surface area contributed by atoms with E-state index in [2.05, 4.69) is 5.16 Å². The van der Waals surface area contributed by atoms with Crippen molar-refractivity contribution in [1.29, 1.82) is 0 Å². The lowest BCUT2D eigenvalue weighted by Crippen LogP contribution is -2.30. The first-order valence-corrected chi connectivity index (χ1v) is 10.1. The summed E-state index contributed by atoms with van der Waals surface area (Å²) >= 11 is 5.93. The van der Waals surface area contributed by atoms with Gasteiger partial charge in [-0.15, -0.1) is 0 Å². The number of hydrogen-bond donors (Lipinski definition) is 1. The van der Waals surface area contributed by atoms with Gasteiger partial charge in [-0.1, -0.05) is 30.1 Å². The van der Waals surface area contributed by atoms with E-state index in [0.717, 1.165) is 32.1 Å². The van der Waals surface area contributed by atoms with Gasteiger partial charge in [-0.25, -0.2) is 0 Å². The van der Waals surface area contributed by atoms with Gasteiger partial charge < -0.3 is 4.84 Å². The molecule has 1 aromatic carbocycles. The number of benzene rings is 1. The summed E-state index contributed by atoms with van der Waals surface area (Å²) < 4.78 is 62.4. The molecule has 0 bridgehead atoms. The largest absolute Gasteiger partial charge is 0.516 e. The lowest BCUT2D eigenvalue weighted by molar-refractivity contribution is -0.0429. The van der Waals surface area contributed by atoms with Crippen LogP contribution in [0, 0.1) is 0 Å². The molecule has 1 aromatic rings. The van der Waals surface area contributed by atoms with Crippen molar-refractivity contribution in [3.8, 4) is 0 Å². The zero-order chi connectivity index (χ0) is 19.4. The first-order chi connectivity index (χ1) is 12.1. The van der Waals surface area contributed by atoms with Crippen molar-refractivity contribution in [3.05, 3.63) is 28.8 Å². The average Bonchev–Trinajstić information content (AvgIpc) is 2.57. The van der Waals surface area contributed by atoms with Crippen LogP contribution in [0.25, 0.3) is 0 Å². The molecule has 0 saturated heterocycles. The summed E-state index contributed by atoms with van der Waals surface area (Å²) in [7, 11) is -5.55. The Kier molecular flexibility index (Phi) is 6.79. The van der Waals surface area contributed by atoms with Crippen molar-refractivity contribution < 1.29 is 26.4 Å². The lowest BCUT2D eigenvalue weighted by Gasteiger charge is -2.20. The first-order valence-electron chi connectivity index (χ1n) is 8.25. The highest BCUT2D eigenvalue weighted by molar-refractivity contribution is 7.93. The molecular formula is C16H20ClF3N2O3S. The van der Waals surface area contributed by atoms with Crippen LogP contribution in [0.3, 0.4) is 0 Å². The van der Waals surface area contributed by atoms with Crippen molar-refractivity contribution in [2.75, 3.05) is 4.72 Å². The maximum atomic E-state index is 12.7. The maximum Gasteiger partial charge on any atom is 0.516 e. The molecule has 0 spiro atoms. The minimum absolute atomic E-state index is 0.0419. The molecule has 0 atom stereocenters. The van der Waals surface area contributed by atoms with Crippen LogP contribution >= 0.6 is 11.6 Å². The second-order valence-electron chi connectivity index (χ2n) is 6.00. The van der Waals surface area contributed by atoms with Crippen molar-refractivity contribution >= 4 is 33.0 Å². The van der Waals surface area contributed by atoms with Crippen molar-refractivity contribution in [2.45, 2.75) is 57.1 Å². The van der Waals surface area contributed by atoms with Gasteiger partial charge >= 0.3 is 15.5 Å². The van der Waals surface area contributed by atoms with Crippen molar-refractivity contribution in [2.24, 2.45) is 5.16 Å². The summed E-state index contributed by atoms with van der Waals surface area (Å²) in [6.07, 6.45) is 5.23. The molecule has 0 heterocycles. The predicted octanol–water partition coefficient (Wildman–Crippen LogP) is 5.06. The minimum atomic E-state index is -5.55. The van der Waals surface area contributed by atoms with Crippen LogP contribution in [0.15, 0.2) is 23.4 Å². The van der Waals surface area contributed by atoms with E-state index in [4.69, 9.17) is 16.4 Å². The Labute approximate surface area is 155 Å². The van der Waals surface area contributed by atoms with E-state index in [0.29, 0.717) is 12.1 Å². The predicted molar refractivity (Wildman–Crippen MR) is 94.8 cm³/mol. The SMILES string of the molecule is CC/C(=N\OC1CCCCC1)c1cc(Cl)ccc1NS(=O)(=O)C(F)(F)F. The molecule has 0 amide bonds. The van der Waals surface area contributed by atoms with Gasteiger partial charge in [0.2, 0.25) is 0 Å². The molecule has 0 aliphatic heterocycles. The highest BCUT2D eigenvalue weighted by Crippen LogP contribution is 2.29. The van der Waals surface area contributed by atoms with Crippen LogP contribution in [-0.2, 0) is 14.9 Å². The third-order valence-electron chi connectivity index (χ3n) is 4.04. The van der Waals surface area contributed by atoms with Crippen molar-refractivity contribution in [3.63, 3.8) is 0 Å². The monoisotopic (exact) mass is 412 g/mol. The maximum absolute atomic E-state index is 12.7. The number of rotatable bonds is 6. The second kappa shape index (κ2) is 8.47. The Morgan fingerprint density at radius 3 is 2.54 bits per heavy atom. The summed E-state index contributed by atoms with van der Waals surface area (Å²) in [5.74, 6) is 0. The third-order valence-corrected chi connectivity index (χ3v) is 5.37. The molecule has 1 fully saturated rings. The molecule has 1 aliphatic carbocycles. The van der Waals surface area contributed by atoms with Gasteiger partial charge in [-0.3, -0.25) is 4.72 Å². The van der Waals surface area contributed by atoms with E-state index in [9.17, 15) is 21.6 Å². The zero-order valence-electron chi connectivity index (χ0n) is 14.1. The first kappa shape index (κ1) is 20.8. The van der Waals surface area contributed by atoms with Crippen LogP contribution < -0.4 is 4.72 Å². The zero-order valence-corrected chi connectivity index (χ0v) is 15.7. The van der Waals surface area contributed by atoms with Crippen LogP contribution in [0.5, 0.6) is 0 Å². The number of anilines is 1. The number of nitrogens with zero attached hydrogens (tertiary/aromatic N) is 1. The van der Waals surface area contributed by atoms with Gasteiger partial charge in [-0.2, -0.15) is 21.6 Å². The van der Waals surface area contributed by atoms with Gasteiger partial charge in [-0.05, 0) is 50.3 Å². The normalized spacial score (nSPS) is 17.2. The molecular weight excluding hydrogens is 393 g/mol. The van der Waals surface area contributed by atoms with E-state index in [1.807, 2.05) is 0 Å². The van der Waals surface area contributed by atoms with Gasteiger partial charge in [0.05, 0.1) is 11.4 Å². The molecule has 1 N–H and O–H groups in total. The van der Waals surface area contributed by atoms with E-state index >= 15 is 0 Å². The molecule has 1 aliphatic rings. The smallest absolute Gasteiger partial charge is 0.392 e. The summed E-state index contributed by atoms with van der Waals surface area (Å²) in [5, 5.41) is 4.32. The molecule has 1 saturated carbocycles.